The Bertz CT molecular complexity index is 734. The van der Waals surface area contributed by atoms with E-state index in [1.54, 1.807) is 12.2 Å². The lowest BCUT2D eigenvalue weighted by atomic mass is 9.48. The zero-order valence-corrected chi connectivity index (χ0v) is 14.0. The van der Waals surface area contributed by atoms with Crippen LogP contribution in [0, 0.1) is 34.0 Å². The molecule has 4 rings (SSSR count). The van der Waals surface area contributed by atoms with E-state index in [1.165, 1.54) is 0 Å². The van der Waals surface area contributed by atoms with Crippen LogP contribution < -0.4 is 0 Å². The summed E-state index contributed by atoms with van der Waals surface area (Å²) in [6.07, 6.45) is 12.9. The first-order valence-corrected chi connectivity index (χ1v) is 8.83. The lowest BCUT2D eigenvalue weighted by molar-refractivity contribution is -0.110. The second-order valence-electron chi connectivity index (χ2n) is 8.50. The van der Waals surface area contributed by atoms with E-state index in [-0.39, 0.29) is 29.1 Å². The van der Waals surface area contributed by atoms with E-state index in [4.69, 9.17) is 4.11 Å². The van der Waals surface area contributed by atoms with Crippen molar-refractivity contribution in [2.24, 2.45) is 34.0 Å². The molecule has 2 saturated carbocycles. The molecule has 0 spiro atoms. The minimum atomic E-state index is -2.15. The van der Waals surface area contributed by atoms with Gasteiger partial charge in [-0.15, -0.1) is 0 Å². The second kappa shape index (κ2) is 4.69. The third-order valence-corrected chi connectivity index (χ3v) is 7.75. The minimum absolute atomic E-state index is 0.0452. The van der Waals surface area contributed by atoms with E-state index in [0.717, 1.165) is 24.8 Å². The normalized spacial score (nSPS) is 53.5. The summed E-state index contributed by atoms with van der Waals surface area (Å²) < 4.78 is 24.5. The molecule has 2 fully saturated rings. The van der Waals surface area contributed by atoms with Crippen LogP contribution in [-0.2, 0) is 4.79 Å². The summed E-state index contributed by atoms with van der Waals surface area (Å²) >= 11 is 0. The predicted octanol–water partition coefficient (Wildman–Crippen LogP) is 4.07. The van der Waals surface area contributed by atoms with Gasteiger partial charge in [0.2, 0.25) is 0 Å². The Balaban J connectivity index is 1.77. The zero-order valence-electron chi connectivity index (χ0n) is 17.0. The summed E-state index contributed by atoms with van der Waals surface area (Å²) in [5.74, 6) is 0.982. The number of allylic oxidation sites excluding steroid dienone is 6. The molecule has 0 aromatic heterocycles. The van der Waals surface area contributed by atoms with Crippen molar-refractivity contribution in [1.29, 1.82) is 0 Å². The van der Waals surface area contributed by atoms with Crippen molar-refractivity contribution in [3.05, 3.63) is 36.0 Å². The van der Waals surface area contributed by atoms with Crippen molar-refractivity contribution in [2.75, 3.05) is 6.61 Å². The SMILES string of the molecule is [2H]C([2H])([2H])[C@]1(CO)CC[C@H]2[C@@H]3C=CC4=CC(=O)C=C[C@]4(C)[C@H]3CC[C@@]21C. The summed E-state index contributed by atoms with van der Waals surface area (Å²) in [5, 5.41) is 10.2. The molecule has 2 nitrogen and oxygen atoms in total. The summed E-state index contributed by atoms with van der Waals surface area (Å²) in [7, 11) is 0. The number of carbonyl (C=O) groups excluding carboxylic acids is 1. The number of carbonyl (C=O) groups is 1. The molecule has 0 aliphatic heterocycles. The number of fused-ring (bicyclic) bond motifs is 5. The van der Waals surface area contributed by atoms with E-state index < -0.39 is 12.3 Å². The van der Waals surface area contributed by atoms with Crippen LogP contribution in [0.3, 0.4) is 0 Å². The van der Waals surface area contributed by atoms with E-state index in [9.17, 15) is 9.90 Å². The third-order valence-electron chi connectivity index (χ3n) is 7.75. The number of aliphatic hydroxyl groups is 1. The van der Waals surface area contributed by atoms with Crippen LogP contribution in [0.15, 0.2) is 36.0 Å². The molecule has 0 amide bonds. The lowest BCUT2D eigenvalue weighted by Gasteiger charge is -2.56. The molecule has 0 unspecified atom stereocenters. The smallest absolute Gasteiger partial charge is 0.178 e. The quantitative estimate of drug-likeness (QED) is 0.792. The molecule has 4 aliphatic rings. The Morgan fingerprint density at radius 1 is 1.26 bits per heavy atom. The number of aliphatic hydroxyl groups excluding tert-OH is 1. The first-order valence-electron chi connectivity index (χ1n) is 10.3. The molecule has 1 N–H and O–H groups in total. The monoisotopic (exact) mass is 315 g/mol. The van der Waals surface area contributed by atoms with Crippen molar-refractivity contribution in [3.63, 3.8) is 0 Å². The van der Waals surface area contributed by atoms with Crippen LogP contribution in [0.2, 0.25) is 0 Å². The second-order valence-corrected chi connectivity index (χ2v) is 8.50. The van der Waals surface area contributed by atoms with Crippen LogP contribution in [0.1, 0.15) is 50.5 Å². The van der Waals surface area contributed by atoms with Gasteiger partial charge in [0.25, 0.3) is 0 Å². The molecule has 0 bridgehead atoms. The van der Waals surface area contributed by atoms with Gasteiger partial charge in [-0.2, -0.15) is 0 Å². The van der Waals surface area contributed by atoms with E-state index in [1.807, 2.05) is 0 Å². The van der Waals surface area contributed by atoms with E-state index >= 15 is 0 Å². The van der Waals surface area contributed by atoms with Crippen molar-refractivity contribution >= 4 is 5.78 Å². The molecule has 0 radical (unpaired) electrons. The maximum absolute atomic E-state index is 11.8. The largest absolute Gasteiger partial charge is 0.396 e. The Hall–Kier alpha value is -1.15. The van der Waals surface area contributed by atoms with Gasteiger partial charge >= 0.3 is 0 Å². The molecule has 0 heterocycles. The van der Waals surface area contributed by atoms with Crippen molar-refractivity contribution in [2.45, 2.75) is 46.4 Å². The van der Waals surface area contributed by atoms with Crippen molar-refractivity contribution in [1.82, 2.24) is 0 Å². The Labute approximate surface area is 143 Å². The Kier molecular flexibility index (Phi) is 2.50. The Morgan fingerprint density at radius 2 is 2.04 bits per heavy atom. The predicted molar refractivity (Wildman–Crippen MR) is 91.7 cm³/mol. The van der Waals surface area contributed by atoms with Gasteiger partial charge in [-0.05, 0) is 72.0 Å². The fourth-order valence-electron chi connectivity index (χ4n) is 6.05. The minimum Gasteiger partial charge on any atom is -0.396 e. The van der Waals surface area contributed by atoms with Gasteiger partial charge in [-0.3, -0.25) is 4.79 Å². The van der Waals surface area contributed by atoms with Gasteiger partial charge in [0, 0.05) is 16.1 Å². The average Bonchev–Trinajstić information content (AvgIpc) is 2.88. The van der Waals surface area contributed by atoms with Crippen LogP contribution in [0.25, 0.3) is 0 Å². The zero-order chi connectivity index (χ0) is 19.0. The summed E-state index contributed by atoms with van der Waals surface area (Å²) in [4.78, 5) is 11.8. The van der Waals surface area contributed by atoms with E-state index in [0.29, 0.717) is 18.3 Å². The highest BCUT2D eigenvalue weighted by Gasteiger charge is 2.61. The molecule has 0 aromatic rings. The van der Waals surface area contributed by atoms with Crippen molar-refractivity contribution in [3.8, 4) is 0 Å². The molecule has 4 aliphatic carbocycles. The Morgan fingerprint density at radius 3 is 2.78 bits per heavy atom. The number of ketones is 1. The van der Waals surface area contributed by atoms with Gasteiger partial charge in [0.1, 0.15) is 0 Å². The van der Waals surface area contributed by atoms with Crippen LogP contribution in [0.5, 0.6) is 0 Å². The van der Waals surface area contributed by atoms with Crippen LogP contribution in [-0.4, -0.2) is 17.5 Å². The van der Waals surface area contributed by atoms with Crippen LogP contribution in [0.4, 0.5) is 0 Å². The van der Waals surface area contributed by atoms with E-state index in [2.05, 4.69) is 32.1 Å². The fraction of sp³-hybridized carbons (Fsp3) is 0.667. The van der Waals surface area contributed by atoms with Crippen LogP contribution >= 0.6 is 0 Å². The standard InChI is InChI=1S/C21H28O2/c1-19(13-22)9-7-18-16-5-4-14-12-15(23)6-10-20(14,2)17(16)8-11-21(18,19)3/h4-6,10,12,16-18,22H,7-9,11,13H2,1-3H3/t16-,17+,18+,19-,20+,21+/m1/s1/i1D3. The summed E-state index contributed by atoms with van der Waals surface area (Å²) in [6.45, 7) is 1.89. The lowest BCUT2D eigenvalue weighted by Crippen LogP contribution is -2.50. The van der Waals surface area contributed by atoms with Gasteiger partial charge in [0.05, 0.1) is 0 Å². The number of rotatable bonds is 1. The average molecular weight is 315 g/mol. The molecule has 124 valence electrons. The highest BCUT2D eigenvalue weighted by atomic mass is 16.3. The molecular weight excluding hydrogens is 284 g/mol. The maximum Gasteiger partial charge on any atom is 0.178 e. The molecule has 6 atom stereocenters. The third kappa shape index (κ3) is 1.82. The number of hydrogen-bond donors (Lipinski definition) is 1. The van der Waals surface area contributed by atoms with Gasteiger partial charge in [-0.1, -0.05) is 38.9 Å². The molecule has 0 saturated heterocycles. The molecule has 2 heteroatoms. The fourth-order valence-corrected chi connectivity index (χ4v) is 6.05. The molecule has 23 heavy (non-hydrogen) atoms. The van der Waals surface area contributed by atoms with Gasteiger partial charge in [-0.25, -0.2) is 0 Å². The maximum atomic E-state index is 11.8. The molecular formula is C21H28O2. The highest BCUT2D eigenvalue weighted by molar-refractivity contribution is 6.01. The highest BCUT2D eigenvalue weighted by Crippen LogP contribution is 2.68. The summed E-state index contributed by atoms with van der Waals surface area (Å²) in [6, 6.07) is 0. The topological polar surface area (TPSA) is 37.3 Å². The molecule has 0 aromatic carbocycles. The first-order chi connectivity index (χ1) is 12.1. The summed E-state index contributed by atoms with van der Waals surface area (Å²) in [5.41, 5.74) is -0.459. The van der Waals surface area contributed by atoms with Gasteiger partial charge in [0.15, 0.2) is 5.78 Å². The number of hydrogen-bond acceptors (Lipinski definition) is 2. The van der Waals surface area contributed by atoms with Gasteiger partial charge < -0.3 is 5.11 Å². The van der Waals surface area contributed by atoms with Crippen molar-refractivity contribution < 1.29 is 14.0 Å². The first kappa shape index (κ1) is 12.2.